The molecule has 1 aromatic heterocycles. The predicted molar refractivity (Wildman–Crippen MR) is 201 cm³/mol. The number of nitrogens with zero attached hydrogens (tertiary/aromatic N) is 2. The average Bonchev–Trinajstić information content (AvgIpc) is 3.70. The van der Waals surface area contributed by atoms with Crippen LogP contribution in [0.25, 0.3) is 22.3 Å². The third kappa shape index (κ3) is 8.21. The number of fused-ring (bicyclic) bond motifs is 3. The van der Waals surface area contributed by atoms with Gasteiger partial charge in [0.1, 0.15) is 30.9 Å². The van der Waals surface area contributed by atoms with Crippen LogP contribution in [0.15, 0.2) is 109 Å². The maximum Gasteiger partial charge on any atom is 0.407 e. The van der Waals surface area contributed by atoms with E-state index in [-0.39, 0.29) is 31.1 Å². The van der Waals surface area contributed by atoms with Crippen LogP contribution < -0.4 is 5.32 Å². The number of carbonyl (C=O) groups excluding carboxylic acids is 2. The van der Waals surface area contributed by atoms with Crippen LogP contribution >= 0.6 is 0 Å². The molecule has 11 heteroatoms. The molecule has 0 spiro atoms. The first kappa shape index (κ1) is 37.9. The molecule has 5 aromatic rings. The Hall–Kier alpha value is -5.81. The van der Waals surface area contributed by atoms with Crippen LogP contribution in [0.3, 0.4) is 0 Å². The van der Waals surface area contributed by atoms with E-state index in [2.05, 4.69) is 5.32 Å². The molecule has 280 valence electrons. The van der Waals surface area contributed by atoms with Gasteiger partial charge in [0.15, 0.2) is 0 Å². The van der Waals surface area contributed by atoms with Gasteiger partial charge in [-0.3, -0.25) is 4.79 Å². The summed E-state index contributed by atoms with van der Waals surface area (Å²) in [5, 5.41) is 22.8. The highest BCUT2D eigenvalue weighted by atomic mass is 19.1. The molecule has 0 fully saturated rings. The Morgan fingerprint density at radius 3 is 2.11 bits per heavy atom. The smallest absolute Gasteiger partial charge is 0.407 e. The number of amides is 2. The van der Waals surface area contributed by atoms with Crippen molar-refractivity contribution in [1.82, 2.24) is 14.8 Å². The fourth-order valence-corrected chi connectivity index (χ4v) is 7.41. The number of aromatic nitrogens is 1. The van der Waals surface area contributed by atoms with Crippen molar-refractivity contribution in [3.8, 4) is 22.3 Å². The second-order valence-corrected chi connectivity index (χ2v) is 14.6. The van der Waals surface area contributed by atoms with Crippen molar-refractivity contribution >= 4 is 18.0 Å². The number of halogens is 2. The highest BCUT2D eigenvalue weighted by Gasteiger charge is 2.38. The number of hydrogen-bond acceptors (Lipinski definition) is 5. The molecule has 0 bridgehead atoms. The molecule has 2 amide bonds. The zero-order valence-corrected chi connectivity index (χ0v) is 30.3. The fourth-order valence-electron chi connectivity index (χ4n) is 7.41. The van der Waals surface area contributed by atoms with Crippen LogP contribution in [0.1, 0.15) is 61.5 Å². The number of aliphatic hydroxyl groups excluding tert-OH is 1. The second kappa shape index (κ2) is 16.1. The molecule has 1 aliphatic carbocycles. The molecule has 1 heterocycles. The van der Waals surface area contributed by atoms with Crippen molar-refractivity contribution < 1.29 is 38.1 Å². The normalized spacial score (nSPS) is 13.4. The maximum atomic E-state index is 15.1. The topological polar surface area (TPSA) is 121 Å². The SMILES string of the molecule is CC(C)(C)[C@H](c1cc(-c2cc(F)ccc2F)cn1Cc1ccccc1)N(CCC(NC(=O)OCC1c2ccccc2-c2ccccc21)C(=O)O)C(=O)CO. The minimum atomic E-state index is -1.44. The van der Waals surface area contributed by atoms with E-state index in [1.165, 1.54) is 4.90 Å². The summed E-state index contributed by atoms with van der Waals surface area (Å²) in [5.41, 5.74) is 5.29. The van der Waals surface area contributed by atoms with Crippen LogP contribution in [-0.2, 0) is 20.9 Å². The van der Waals surface area contributed by atoms with Crippen molar-refractivity contribution in [2.75, 3.05) is 19.8 Å². The minimum absolute atomic E-state index is 0.0138. The zero-order valence-electron chi connectivity index (χ0n) is 30.3. The summed E-state index contributed by atoms with van der Waals surface area (Å²) in [4.78, 5) is 40.6. The fraction of sp³-hybridized carbons (Fsp3) is 0.279. The molecule has 0 saturated carbocycles. The van der Waals surface area contributed by atoms with Gasteiger partial charge < -0.3 is 29.7 Å². The molecule has 3 N–H and O–H groups in total. The van der Waals surface area contributed by atoms with Crippen molar-refractivity contribution in [2.24, 2.45) is 5.41 Å². The lowest BCUT2D eigenvalue weighted by molar-refractivity contribution is -0.143. The molecule has 1 aliphatic rings. The number of alkyl carbamates (subject to hydrolysis) is 1. The summed E-state index contributed by atoms with van der Waals surface area (Å²) in [5.74, 6) is -3.47. The lowest BCUT2D eigenvalue weighted by Crippen LogP contribution is -2.48. The molecule has 0 saturated heterocycles. The molecular formula is C43H43F2N3O6. The number of aliphatic carboxylic acids is 1. The van der Waals surface area contributed by atoms with Gasteiger partial charge >= 0.3 is 12.1 Å². The predicted octanol–water partition coefficient (Wildman–Crippen LogP) is 7.77. The first-order valence-corrected chi connectivity index (χ1v) is 17.8. The van der Waals surface area contributed by atoms with Crippen molar-refractivity contribution in [3.63, 3.8) is 0 Å². The van der Waals surface area contributed by atoms with Gasteiger partial charge in [0, 0.05) is 42.0 Å². The molecule has 2 atom stereocenters. The number of benzene rings is 4. The van der Waals surface area contributed by atoms with Gasteiger partial charge in [0.25, 0.3) is 0 Å². The van der Waals surface area contributed by atoms with E-state index in [0.717, 1.165) is 46.0 Å². The van der Waals surface area contributed by atoms with Gasteiger partial charge in [-0.25, -0.2) is 18.4 Å². The highest BCUT2D eigenvalue weighted by Crippen LogP contribution is 2.45. The third-order valence-electron chi connectivity index (χ3n) is 9.83. The molecule has 1 unspecified atom stereocenters. The molecule has 0 radical (unpaired) electrons. The Morgan fingerprint density at radius 2 is 1.50 bits per heavy atom. The van der Waals surface area contributed by atoms with Gasteiger partial charge in [-0.2, -0.15) is 0 Å². The second-order valence-electron chi connectivity index (χ2n) is 14.6. The largest absolute Gasteiger partial charge is 0.480 e. The van der Waals surface area contributed by atoms with Crippen LogP contribution in [-0.4, -0.2) is 63.5 Å². The summed E-state index contributed by atoms with van der Waals surface area (Å²) >= 11 is 0. The van der Waals surface area contributed by atoms with Gasteiger partial charge in [0.2, 0.25) is 5.91 Å². The zero-order chi connectivity index (χ0) is 38.6. The average molecular weight is 736 g/mol. The summed E-state index contributed by atoms with van der Waals surface area (Å²) in [6.45, 7) is 4.93. The number of carboxylic acid groups (broad SMARTS) is 1. The molecule has 6 rings (SSSR count). The molecular weight excluding hydrogens is 692 g/mol. The van der Waals surface area contributed by atoms with Crippen LogP contribution in [0, 0.1) is 17.0 Å². The first-order chi connectivity index (χ1) is 25.8. The van der Waals surface area contributed by atoms with Crippen LogP contribution in [0.2, 0.25) is 0 Å². The number of nitrogens with one attached hydrogen (secondary N) is 1. The van der Waals surface area contributed by atoms with E-state index in [0.29, 0.717) is 17.8 Å². The van der Waals surface area contributed by atoms with Gasteiger partial charge in [-0.1, -0.05) is 99.6 Å². The minimum Gasteiger partial charge on any atom is -0.480 e. The Balaban J connectivity index is 1.25. The maximum absolute atomic E-state index is 15.1. The van der Waals surface area contributed by atoms with E-state index < -0.39 is 53.7 Å². The number of rotatable bonds is 13. The van der Waals surface area contributed by atoms with E-state index in [4.69, 9.17) is 4.74 Å². The van der Waals surface area contributed by atoms with Gasteiger partial charge in [0.05, 0.1) is 6.04 Å². The number of aliphatic hydroxyl groups is 1. The Labute approximate surface area is 312 Å². The lowest BCUT2D eigenvalue weighted by Gasteiger charge is -2.41. The summed E-state index contributed by atoms with van der Waals surface area (Å²) < 4.78 is 36.9. The Morgan fingerprint density at radius 1 is 0.870 bits per heavy atom. The van der Waals surface area contributed by atoms with E-state index in [1.54, 1.807) is 12.3 Å². The molecule has 4 aromatic carbocycles. The summed E-state index contributed by atoms with van der Waals surface area (Å²) in [6.07, 6.45) is 0.553. The third-order valence-corrected chi connectivity index (χ3v) is 9.83. The van der Waals surface area contributed by atoms with Gasteiger partial charge in [-0.05, 0) is 63.9 Å². The summed E-state index contributed by atoms with van der Waals surface area (Å²) in [6, 6.07) is 27.9. The van der Waals surface area contributed by atoms with E-state index >= 15 is 4.39 Å². The quantitative estimate of drug-likeness (QED) is 0.114. The molecule has 0 aliphatic heterocycles. The summed E-state index contributed by atoms with van der Waals surface area (Å²) in [7, 11) is 0. The van der Waals surface area contributed by atoms with E-state index in [9.17, 15) is 29.0 Å². The van der Waals surface area contributed by atoms with Crippen LogP contribution in [0.4, 0.5) is 13.6 Å². The monoisotopic (exact) mass is 735 g/mol. The lowest BCUT2D eigenvalue weighted by atomic mass is 9.82. The van der Waals surface area contributed by atoms with Crippen LogP contribution in [0.5, 0.6) is 0 Å². The van der Waals surface area contributed by atoms with Crippen molar-refractivity contribution in [2.45, 2.75) is 51.7 Å². The number of carboxylic acids is 1. The van der Waals surface area contributed by atoms with Crippen molar-refractivity contribution in [1.29, 1.82) is 0 Å². The van der Waals surface area contributed by atoms with E-state index in [1.807, 2.05) is 104 Å². The Bertz CT molecular complexity index is 2100. The van der Waals surface area contributed by atoms with Crippen molar-refractivity contribution in [3.05, 3.63) is 143 Å². The van der Waals surface area contributed by atoms with Gasteiger partial charge in [-0.15, -0.1) is 0 Å². The number of carbonyl (C=O) groups is 3. The number of ether oxygens (including phenoxy) is 1. The number of hydrogen-bond donors (Lipinski definition) is 3. The molecule has 9 nitrogen and oxygen atoms in total. The standard InChI is InChI=1S/C43H43F2N3O6/c1-43(2,3)40(38-21-28(34-22-29(44)17-18-36(34)45)24-47(38)23-27-11-5-4-6-12-27)48(39(50)25-49)20-19-37(41(51)52)46-42(53)54-26-35-32-15-9-7-13-30(32)31-14-8-10-16-33(31)35/h4-18,21-22,24,35,37,40,49H,19-20,23,25-26H2,1-3H3,(H,46,53)(H,51,52)/t37?,40-/m0/s1. The highest BCUT2D eigenvalue weighted by molar-refractivity contribution is 5.82. The molecule has 54 heavy (non-hydrogen) atoms. The Kier molecular flexibility index (Phi) is 11.3. The first-order valence-electron chi connectivity index (χ1n) is 17.8.